The highest BCUT2D eigenvalue weighted by molar-refractivity contribution is 6.45. The first-order valence-corrected chi connectivity index (χ1v) is 6.09. The number of carbonyl (C=O) groups is 1. The third-order valence-electron chi connectivity index (χ3n) is 2.46. The Morgan fingerprint density at radius 2 is 1.78 bits per heavy atom. The minimum Gasteiger partial charge on any atom is -0.507 e. The molecule has 0 saturated heterocycles. The predicted octanol–water partition coefficient (Wildman–Crippen LogP) is 4.83. The topological polar surface area (TPSA) is 37.3 Å². The highest BCUT2D eigenvalue weighted by Gasteiger charge is 2.11. The summed E-state index contributed by atoms with van der Waals surface area (Å²) in [5.74, 6) is -0.0852. The average molecular weight is 302 g/mol. The highest BCUT2D eigenvalue weighted by Crippen LogP contribution is 2.37. The molecule has 2 rings (SSSR count). The smallest absolute Gasteiger partial charge is 0.153 e. The lowest BCUT2D eigenvalue weighted by molar-refractivity contribution is 0.112. The van der Waals surface area contributed by atoms with Crippen LogP contribution in [-0.4, -0.2) is 11.4 Å². The average Bonchev–Trinajstić information content (AvgIpc) is 2.34. The van der Waals surface area contributed by atoms with Crippen molar-refractivity contribution >= 4 is 41.1 Å². The Bertz CT molecular complexity index is 624. The van der Waals surface area contributed by atoms with Gasteiger partial charge in [-0.25, -0.2) is 0 Å². The molecule has 0 heterocycles. The van der Waals surface area contributed by atoms with E-state index >= 15 is 0 Å². The van der Waals surface area contributed by atoms with Gasteiger partial charge in [-0.15, -0.1) is 0 Å². The quantitative estimate of drug-likeness (QED) is 0.637. The fraction of sp³-hybridized carbons (Fsp3) is 0. The Kier molecular flexibility index (Phi) is 3.81. The molecule has 2 nitrogen and oxygen atoms in total. The maximum atomic E-state index is 10.8. The van der Waals surface area contributed by atoms with Gasteiger partial charge in [-0.2, -0.15) is 0 Å². The Balaban J connectivity index is 2.65. The SMILES string of the molecule is O=Cc1cc(-c2cc(Cl)cc(Cl)c2Cl)ccc1O. The molecule has 5 heteroatoms. The second-order valence-electron chi connectivity index (χ2n) is 3.64. The number of rotatable bonds is 2. The molecular weight excluding hydrogens is 295 g/mol. The lowest BCUT2D eigenvalue weighted by Crippen LogP contribution is -1.86. The van der Waals surface area contributed by atoms with E-state index in [2.05, 4.69) is 0 Å². The number of benzene rings is 2. The number of phenols is 1. The van der Waals surface area contributed by atoms with Gasteiger partial charge in [0.2, 0.25) is 0 Å². The third-order valence-corrected chi connectivity index (χ3v) is 3.48. The van der Waals surface area contributed by atoms with E-state index in [4.69, 9.17) is 34.8 Å². The van der Waals surface area contributed by atoms with Crippen LogP contribution in [0.2, 0.25) is 15.1 Å². The lowest BCUT2D eigenvalue weighted by Gasteiger charge is -2.08. The van der Waals surface area contributed by atoms with Gasteiger partial charge in [-0.1, -0.05) is 40.9 Å². The molecule has 18 heavy (non-hydrogen) atoms. The van der Waals surface area contributed by atoms with E-state index in [-0.39, 0.29) is 11.3 Å². The van der Waals surface area contributed by atoms with Crippen molar-refractivity contribution in [3.8, 4) is 16.9 Å². The molecule has 0 amide bonds. The number of aromatic hydroxyl groups is 1. The number of halogens is 3. The van der Waals surface area contributed by atoms with E-state index in [0.29, 0.717) is 32.5 Å². The molecule has 0 fully saturated rings. The van der Waals surface area contributed by atoms with Crippen molar-refractivity contribution in [1.82, 2.24) is 0 Å². The van der Waals surface area contributed by atoms with Gasteiger partial charge in [0.1, 0.15) is 5.75 Å². The van der Waals surface area contributed by atoms with Crippen molar-refractivity contribution in [3.05, 3.63) is 51.0 Å². The van der Waals surface area contributed by atoms with E-state index in [9.17, 15) is 9.90 Å². The first kappa shape index (κ1) is 13.2. The second kappa shape index (κ2) is 5.19. The van der Waals surface area contributed by atoms with Crippen LogP contribution in [0.15, 0.2) is 30.3 Å². The van der Waals surface area contributed by atoms with Gasteiger partial charge in [0.15, 0.2) is 6.29 Å². The van der Waals surface area contributed by atoms with Gasteiger partial charge in [0.25, 0.3) is 0 Å². The molecule has 0 aliphatic carbocycles. The van der Waals surface area contributed by atoms with E-state index in [1.807, 2.05) is 0 Å². The molecule has 0 spiro atoms. The molecule has 0 bridgehead atoms. The lowest BCUT2D eigenvalue weighted by atomic mass is 10.0. The van der Waals surface area contributed by atoms with Crippen LogP contribution in [0.1, 0.15) is 10.4 Å². The summed E-state index contributed by atoms with van der Waals surface area (Å²) in [5.41, 5.74) is 1.45. The molecule has 0 aliphatic rings. The van der Waals surface area contributed by atoms with Crippen molar-refractivity contribution in [1.29, 1.82) is 0 Å². The van der Waals surface area contributed by atoms with Gasteiger partial charge >= 0.3 is 0 Å². The second-order valence-corrected chi connectivity index (χ2v) is 4.86. The Labute approximate surface area is 119 Å². The summed E-state index contributed by atoms with van der Waals surface area (Å²) in [7, 11) is 0. The number of aldehydes is 1. The molecule has 1 N–H and O–H groups in total. The summed E-state index contributed by atoms with van der Waals surface area (Å²) in [6.07, 6.45) is 0.568. The summed E-state index contributed by atoms with van der Waals surface area (Å²) in [5, 5.41) is 10.6. The van der Waals surface area contributed by atoms with Gasteiger partial charge in [0, 0.05) is 10.6 Å². The van der Waals surface area contributed by atoms with Crippen LogP contribution in [0, 0.1) is 0 Å². The first-order chi connectivity index (χ1) is 8.52. The number of phenolic OH excluding ortho intramolecular Hbond substituents is 1. The minimum atomic E-state index is -0.0852. The number of carbonyl (C=O) groups excluding carboxylic acids is 1. The summed E-state index contributed by atoms with van der Waals surface area (Å²) in [6.45, 7) is 0. The summed E-state index contributed by atoms with van der Waals surface area (Å²) >= 11 is 17.9. The van der Waals surface area contributed by atoms with Crippen LogP contribution in [0.4, 0.5) is 0 Å². The summed E-state index contributed by atoms with van der Waals surface area (Å²) in [4.78, 5) is 10.8. The molecule has 0 aliphatic heterocycles. The Morgan fingerprint density at radius 3 is 2.44 bits per heavy atom. The fourth-order valence-electron chi connectivity index (χ4n) is 1.58. The standard InChI is InChI=1S/C13H7Cl3O2/c14-9-4-10(13(16)11(15)5-9)7-1-2-12(18)8(3-7)6-17/h1-6,18H. The molecule has 0 unspecified atom stereocenters. The highest BCUT2D eigenvalue weighted by atomic mass is 35.5. The van der Waals surface area contributed by atoms with Crippen molar-refractivity contribution in [3.63, 3.8) is 0 Å². The van der Waals surface area contributed by atoms with Crippen LogP contribution in [0.5, 0.6) is 5.75 Å². The summed E-state index contributed by atoms with van der Waals surface area (Å²) in [6, 6.07) is 7.77. The molecule has 0 radical (unpaired) electrons. The zero-order valence-electron chi connectivity index (χ0n) is 8.95. The van der Waals surface area contributed by atoms with Crippen LogP contribution >= 0.6 is 34.8 Å². The van der Waals surface area contributed by atoms with Crippen LogP contribution < -0.4 is 0 Å². The molecule has 2 aromatic carbocycles. The molecule has 92 valence electrons. The summed E-state index contributed by atoms with van der Waals surface area (Å²) < 4.78 is 0. The fourth-order valence-corrected chi connectivity index (χ4v) is 2.29. The first-order valence-electron chi connectivity index (χ1n) is 4.96. The van der Waals surface area contributed by atoms with Gasteiger partial charge < -0.3 is 5.11 Å². The molecule has 0 saturated carbocycles. The van der Waals surface area contributed by atoms with Crippen molar-refractivity contribution in [2.24, 2.45) is 0 Å². The van der Waals surface area contributed by atoms with Crippen molar-refractivity contribution in [2.75, 3.05) is 0 Å². The maximum Gasteiger partial charge on any atom is 0.153 e. The largest absolute Gasteiger partial charge is 0.507 e. The van der Waals surface area contributed by atoms with Gasteiger partial charge in [-0.3, -0.25) is 4.79 Å². The minimum absolute atomic E-state index is 0.0852. The Hall–Kier alpha value is -1.22. The van der Waals surface area contributed by atoms with Crippen molar-refractivity contribution in [2.45, 2.75) is 0 Å². The van der Waals surface area contributed by atoms with Crippen LogP contribution in [0.25, 0.3) is 11.1 Å². The number of hydrogen-bond acceptors (Lipinski definition) is 2. The number of hydrogen-bond donors (Lipinski definition) is 1. The monoisotopic (exact) mass is 300 g/mol. The zero-order valence-corrected chi connectivity index (χ0v) is 11.2. The van der Waals surface area contributed by atoms with Crippen LogP contribution in [0.3, 0.4) is 0 Å². The van der Waals surface area contributed by atoms with E-state index in [0.717, 1.165) is 0 Å². The molecule has 0 aromatic heterocycles. The normalized spacial score (nSPS) is 10.4. The molecule has 0 atom stereocenters. The predicted molar refractivity (Wildman–Crippen MR) is 74.0 cm³/mol. The van der Waals surface area contributed by atoms with E-state index in [1.54, 1.807) is 12.1 Å². The van der Waals surface area contributed by atoms with E-state index in [1.165, 1.54) is 18.2 Å². The molecule has 2 aromatic rings. The van der Waals surface area contributed by atoms with Gasteiger partial charge in [0.05, 0.1) is 15.6 Å². The maximum absolute atomic E-state index is 10.8. The third kappa shape index (κ3) is 2.46. The van der Waals surface area contributed by atoms with Crippen LogP contribution in [-0.2, 0) is 0 Å². The molecular formula is C13H7Cl3O2. The van der Waals surface area contributed by atoms with E-state index < -0.39 is 0 Å². The zero-order chi connectivity index (χ0) is 13.3. The van der Waals surface area contributed by atoms with Crippen molar-refractivity contribution < 1.29 is 9.90 Å². The Morgan fingerprint density at radius 1 is 1.06 bits per heavy atom. The van der Waals surface area contributed by atoms with Gasteiger partial charge in [-0.05, 0) is 29.8 Å².